The fourth-order valence-corrected chi connectivity index (χ4v) is 3.49. The van der Waals surface area contributed by atoms with Crippen LogP contribution in [0.1, 0.15) is 24.2 Å². The summed E-state index contributed by atoms with van der Waals surface area (Å²) in [5, 5.41) is 9.02. The molecule has 1 aromatic rings. The van der Waals surface area contributed by atoms with E-state index in [1.807, 2.05) is 18.7 Å². The zero-order valence-electron chi connectivity index (χ0n) is 11.5. The molecule has 0 heterocycles. The molecular formula is C13H18BrNO4S. The molecule has 5 nitrogen and oxygen atoms in total. The zero-order chi connectivity index (χ0) is 15.3. The van der Waals surface area contributed by atoms with Gasteiger partial charge in [0.05, 0.1) is 16.2 Å². The molecule has 7 heteroatoms. The molecule has 112 valence electrons. The second-order valence-electron chi connectivity index (χ2n) is 4.29. The van der Waals surface area contributed by atoms with Gasteiger partial charge in [-0.2, -0.15) is 0 Å². The summed E-state index contributed by atoms with van der Waals surface area (Å²) >= 11 is 3.10. The van der Waals surface area contributed by atoms with Crippen molar-refractivity contribution in [2.24, 2.45) is 0 Å². The van der Waals surface area contributed by atoms with Gasteiger partial charge in [0.15, 0.2) is 9.84 Å². The van der Waals surface area contributed by atoms with Crippen LogP contribution in [0.3, 0.4) is 0 Å². The summed E-state index contributed by atoms with van der Waals surface area (Å²) in [5.41, 5.74) is -0.0473. The van der Waals surface area contributed by atoms with Gasteiger partial charge in [0, 0.05) is 11.0 Å². The largest absolute Gasteiger partial charge is 0.478 e. The first-order chi connectivity index (χ1) is 9.31. The first-order valence-electron chi connectivity index (χ1n) is 6.29. The highest BCUT2D eigenvalue weighted by Crippen LogP contribution is 2.22. The van der Waals surface area contributed by atoms with Gasteiger partial charge in [0.1, 0.15) is 0 Å². The average molecular weight is 364 g/mol. The summed E-state index contributed by atoms with van der Waals surface area (Å²) in [6, 6.07) is 4.08. The highest BCUT2D eigenvalue weighted by atomic mass is 79.9. The van der Waals surface area contributed by atoms with Gasteiger partial charge in [0.2, 0.25) is 0 Å². The Balaban J connectivity index is 2.98. The molecule has 0 saturated heterocycles. The van der Waals surface area contributed by atoms with E-state index < -0.39 is 15.8 Å². The van der Waals surface area contributed by atoms with E-state index in [1.165, 1.54) is 18.2 Å². The molecule has 0 aliphatic rings. The minimum Gasteiger partial charge on any atom is -0.478 e. The Kier molecular flexibility index (Phi) is 6.16. The molecule has 20 heavy (non-hydrogen) atoms. The normalized spacial score (nSPS) is 11.8. The molecular weight excluding hydrogens is 346 g/mol. The monoisotopic (exact) mass is 363 g/mol. The lowest BCUT2D eigenvalue weighted by Gasteiger charge is -2.17. The Labute approximate surface area is 127 Å². The van der Waals surface area contributed by atoms with Crippen LogP contribution in [-0.4, -0.2) is 49.8 Å². The predicted octanol–water partition coefficient (Wildman–Crippen LogP) is 2.26. The van der Waals surface area contributed by atoms with Gasteiger partial charge < -0.3 is 10.0 Å². The number of halogens is 1. The van der Waals surface area contributed by atoms with Gasteiger partial charge in [-0.15, -0.1) is 0 Å². The Morgan fingerprint density at radius 3 is 2.40 bits per heavy atom. The van der Waals surface area contributed by atoms with Gasteiger partial charge in [0.25, 0.3) is 0 Å². The Morgan fingerprint density at radius 2 is 1.90 bits per heavy atom. The van der Waals surface area contributed by atoms with Crippen LogP contribution in [0.5, 0.6) is 0 Å². The zero-order valence-corrected chi connectivity index (χ0v) is 13.9. The van der Waals surface area contributed by atoms with E-state index in [4.69, 9.17) is 5.11 Å². The lowest BCUT2D eigenvalue weighted by atomic mass is 10.2. The molecule has 0 amide bonds. The number of benzene rings is 1. The number of carboxylic acid groups (broad SMARTS) is 1. The molecule has 1 aromatic carbocycles. The number of sulfone groups is 1. The van der Waals surface area contributed by atoms with Gasteiger partial charge in [-0.25, -0.2) is 13.2 Å². The third-order valence-corrected chi connectivity index (χ3v) is 5.48. The SMILES string of the molecule is CCN(CC)CCS(=O)(=O)c1ccc(Br)c(C(=O)O)c1. The van der Waals surface area contributed by atoms with Crippen LogP contribution >= 0.6 is 15.9 Å². The summed E-state index contributed by atoms with van der Waals surface area (Å²) in [7, 11) is -3.47. The van der Waals surface area contributed by atoms with Crippen LogP contribution < -0.4 is 0 Å². The molecule has 1 N–H and O–H groups in total. The van der Waals surface area contributed by atoms with Crippen molar-refractivity contribution in [1.29, 1.82) is 0 Å². The van der Waals surface area contributed by atoms with Gasteiger partial charge in [-0.05, 0) is 47.2 Å². The summed E-state index contributed by atoms with van der Waals surface area (Å²) in [6.07, 6.45) is 0. The van der Waals surface area contributed by atoms with Gasteiger partial charge in [-0.1, -0.05) is 13.8 Å². The fraction of sp³-hybridized carbons (Fsp3) is 0.462. The average Bonchev–Trinajstić information content (AvgIpc) is 2.39. The van der Waals surface area contributed by atoms with Crippen molar-refractivity contribution in [3.8, 4) is 0 Å². The lowest BCUT2D eigenvalue weighted by Crippen LogP contribution is -2.29. The number of carbonyl (C=O) groups is 1. The third kappa shape index (κ3) is 4.29. The molecule has 0 bridgehead atoms. The summed E-state index contributed by atoms with van der Waals surface area (Å²) in [5.74, 6) is -1.17. The Hall–Kier alpha value is -0.920. The molecule has 0 fully saturated rings. The molecule has 0 aliphatic heterocycles. The van der Waals surface area contributed by atoms with E-state index in [9.17, 15) is 13.2 Å². The summed E-state index contributed by atoms with van der Waals surface area (Å²) in [4.78, 5) is 13.1. The van der Waals surface area contributed by atoms with Crippen LogP contribution in [0.4, 0.5) is 0 Å². The number of nitrogens with zero attached hydrogens (tertiary/aromatic N) is 1. The van der Waals surface area contributed by atoms with Crippen LogP contribution in [0.15, 0.2) is 27.6 Å². The highest BCUT2D eigenvalue weighted by molar-refractivity contribution is 9.10. The van der Waals surface area contributed by atoms with Crippen LogP contribution in [0.2, 0.25) is 0 Å². The molecule has 0 radical (unpaired) electrons. The minimum absolute atomic E-state index is 0.0185. The molecule has 1 rings (SSSR count). The maximum absolute atomic E-state index is 12.2. The quantitative estimate of drug-likeness (QED) is 0.803. The minimum atomic E-state index is -3.47. The molecule has 0 saturated carbocycles. The van der Waals surface area contributed by atoms with E-state index >= 15 is 0 Å². The smallest absolute Gasteiger partial charge is 0.336 e. The highest BCUT2D eigenvalue weighted by Gasteiger charge is 2.19. The topological polar surface area (TPSA) is 74.7 Å². The first-order valence-corrected chi connectivity index (χ1v) is 8.74. The summed E-state index contributed by atoms with van der Waals surface area (Å²) in [6.45, 7) is 5.95. The lowest BCUT2D eigenvalue weighted by molar-refractivity contribution is 0.0695. The Morgan fingerprint density at radius 1 is 1.30 bits per heavy atom. The number of aromatic carboxylic acids is 1. The number of hydrogen-bond acceptors (Lipinski definition) is 4. The number of carboxylic acids is 1. The van der Waals surface area contributed by atoms with Crippen LogP contribution in [-0.2, 0) is 9.84 Å². The van der Waals surface area contributed by atoms with Gasteiger partial charge >= 0.3 is 5.97 Å². The van der Waals surface area contributed by atoms with E-state index in [2.05, 4.69) is 15.9 Å². The van der Waals surface area contributed by atoms with Crippen LogP contribution in [0.25, 0.3) is 0 Å². The standard InChI is InChI=1S/C13H18BrNO4S/c1-3-15(4-2)7-8-20(18,19)10-5-6-12(14)11(9-10)13(16)17/h5-6,9H,3-4,7-8H2,1-2H3,(H,16,17). The molecule has 0 aliphatic carbocycles. The second kappa shape index (κ2) is 7.19. The fourth-order valence-electron chi connectivity index (χ4n) is 1.77. The van der Waals surface area contributed by atoms with Gasteiger partial charge in [-0.3, -0.25) is 0 Å². The molecule has 0 spiro atoms. The third-order valence-electron chi connectivity index (χ3n) is 3.10. The van der Waals surface area contributed by atoms with E-state index in [0.717, 1.165) is 13.1 Å². The van der Waals surface area contributed by atoms with Crippen LogP contribution in [0, 0.1) is 0 Å². The van der Waals surface area contributed by atoms with Crippen molar-refractivity contribution in [2.45, 2.75) is 18.7 Å². The molecule has 0 unspecified atom stereocenters. The van der Waals surface area contributed by atoms with E-state index in [1.54, 1.807) is 0 Å². The Bertz CT molecular complexity index is 582. The molecule has 0 atom stereocenters. The van der Waals surface area contributed by atoms with E-state index in [0.29, 0.717) is 11.0 Å². The maximum Gasteiger partial charge on any atom is 0.336 e. The molecule has 0 aromatic heterocycles. The number of rotatable bonds is 7. The van der Waals surface area contributed by atoms with E-state index in [-0.39, 0.29) is 16.2 Å². The van der Waals surface area contributed by atoms with Crippen molar-refractivity contribution in [3.05, 3.63) is 28.2 Å². The number of hydrogen-bond donors (Lipinski definition) is 1. The van der Waals surface area contributed by atoms with Crippen molar-refractivity contribution in [2.75, 3.05) is 25.4 Å². The van der Waals surface area contributed by atoms with Crippen molar-refractivity contribution >= 4 is 31.7 Å². The summed E-state index contributed by atoms with van der Waals surface area (Å²) < 4.78 is 24.8. The second-order valence-corrected chi connectivity index (χ2v) is 7.26. The van der Waals surface area contributed by atoms with Crippen molar-refractivity contribution in [1.82, 2.24) is 4.90 Å². The van der Waals surface area contributed by atoms with Crippen molar-refractivity contribution in [3.63, 3.8) is 0 Å². The predicted molar refractivity (Wildman–Crippen MR) is 80.9 cm³/mol. The maximum atomic E-state index is 12.2. The van der Waals surface area contributed by atoms with Crippen molar-refractivity contribution < 1.29 is 18.3 Å². The first kappa shape index (κ1) is 17.1.